The molecule has 2 atom stereocenters. The van der Waals surface area contributed by atoms with Crippen LogP contribution < -0.4 is 5.32 Å². The number of aliphatic hydroxyl groups is 2. The first-order chi connectivity index (χ1) is 35.0. The molecule has 0 aliphatic heterocycles. The molecule has 1 amide bonds. The molecule has 0 aromatic carbocycles. The number of ether oxygens (including phenoxy) is 1. The van der Waals surface area contributed by atoms with E-state index in [9.17, 15) is 19.8 Å². The molecule has 0 aromatic rings. The van der Waals surface area contributed by atoms with Gasteiger partial charge < -0.3 is 20.3 Å². The van der Waals surface area contributed by atoms with Crippen molar-refractivity contribution in [3.8, 4) is 0 Å². The molecule has 3 N–H and O–H groups in total. The maximum Gasteiger partial charge on any atom is 0.305 e. The van der Waals surface area contributed by atoms with Crippen LogP contribution in [0, 0.1) is 0 Å². The number of hydrogen-bond donors (Lipinski definition) is 3. The summed E-state index contributed by atoms with van der Waals surface area (Å²) in [7, 11) is 0. The lowest BCUT2D eigenvalue weighted by atomic mass is 10.0. The van der Waals surface area contributed by atoms with Gasteiger partial charge in [-0.15, -0.1) is 0 Å². The first-order valence-corrected chi connectivity index (χ1v) is 32.5. The number of amides is 1. The minimum atomic E-state index is -0.841. The Hall–Kier alpha value is -1.40. The normalized spacial score (nSPS) is 12.6. The Morgan fingerprint density at radius 1 is 0.380 bits per heavy atom. The monoisotopic (exact) mass is 1000 g/mol. The Morgan fingerprint density at radius 2 is 0.648 bits per heavy atom. The molecule has 0 saturated heterocycles. The molecule has 0 heterocycles. The summed E-state index contributed by atoms with van der Waals surface area (Å²) in [6, 6.07) is -0.624. The van der Waals surface area contributed by atoms with E-state index in [0.717, 1.165) is 38.5 Å². The summed E-state index contributed by atoms with van der Waals surface area (Å²) < 4.78 is 5.48. The maximum absolute atomic E-state index is 12.5. The molecular weight excluding hydrogens is 875 g/mol. The standard InChI is InChI=1S/C65H127NO5/c1-3-5-7-9-11-13-15-17-34-37-41-45-49-53-57-63(68)62(61-67)66-64(69)58-54-50-46-42-38-35-32-30-28-26-24-22-20-18-19-21-23-25-27-29-31-33-36-40-44-48-52-56-60-71-65(70)59-55-51-47-43-39-16-14-12-10-8-6-4-2/h53,57,62-63,67-68H,3-52,54-56,58-61H2,1-2H3,(H,66,69)/b57-53+. The number of aliphatic hydroxyl groups excluding tert-OH is 2. The summed E-state index contributed by atoms with van der Waals surface area (Å²) in [5.74, 6) is -0.0430. The predicted octanol–water partition coefficient (Wildman–Crippen LogP) is 20.4. The van der Waals surface area contributed by atoms with Gasteiger partial charge in [0.1, 0.15) is 0 Å². The Labute approximate surface area is 444 Å². The van der Waals surface area contributed by atoms with Crippen molar-refractivity contribution in [3.63, 3.8) is 0 Å². The highest BCUT2D eigenvalue weighted by atomic mass is 16.5. The van der Waals surface area contributed by atoms with Gasteiger partial charge in [-0.3, -0.25) is 9.59 Å². The van der Waals surface area contributed by atoms with Gasteiger partial charge in [-0.05, 0) is 32.1 Å². The van der Waals surface area contributed by atoms with Crippen LogP contribution in [0.25, 0.3) is 0 Å². The Balaban J connectivity index is 3.34. The van der Waals surface area contributed by atoms with Gasteiger partial charge in [0.15, 0.2) is 0 Å². The molecule has 0 bridgehead atoms. The third kappa shape index (κ3) is 57.7. The number of carbonyl (C=O) groups is 2. The van der Waals surface area contributed by atoms with E-state index in [1.807, 2.05) is 6.08 Å². The predicted molar refractivity (Wildman–Crippen MR) is 310 cm³/mol. The van der Waals surface area contributed by atoms with Crippen LogP contribution in [0.2, 0.25) is 0 Å². The van der Waals surface area contributed by atoms with E-state index in [4.69, 9.17) is 4.74 Å². The van der Waals surface area contributed by atoms with Crippen LogP contribution in [0.15, 0.2) is 12.2 Å². The fourth-order valence-electron chi connectivity index (χ4n) is 10.3. The number of nitrogens with one attached hydrogen (secondary N) is 1. The summed E-state index contributed by atoms with van der Waals surface area (Å²) in [5, 5.41) is 23.1. The second-order valence-corrected chi connectivity index (χ2v) is 22.5. The van der Waals surface area contributed by atoms with Crippen LogP contribution in [0.4, 0.5) is 0 Å². The smallest absolute Gasteiger partial charge is 0.305 e. The topological polar surface area (TPSA) is 95.9 Å². The van der Waals surface area contributed by atoms with E-state index in [1.54, 1.807) is 6.08 Å². The van der Waals surface area contributed by atoms with E-state index in [2.05, 4.69) is 19.2 Å². The fourth-order valence-corrected chi connectivity index (χ4v) is 10.3. The minimum absolute atomic E-state index is 0.0197. The third-order valence-corrected chi connectivity index (χ3v) is 15.3. The van der Waals surface area contributed by atoms with Crippen molar-refractivity contribution in [3.05, 3.63) is 12.2 Å². The molecule has 0 aliphatic rings. The molecule has 0 spiro atoms. The highest BCUT2D eigenvalue weighted by molar-refractivity contribution is 5.76. The molecule has 0 radical (unpaired) electrons. The highest BCUT2D eigenvalue weighted by Crippen LogP contribution is 2.18. The van der Waals surface area contributed by atoms with Gasteiger partial charge in [0.05, 0.1) is 25.4 Å². The number of carbonyl (C=O) groups excluding carboxylic acids is 2. The lowest BCUT2D eigenvalue weighted by Crippen LogP contribution is -2.45. The van der Waals surface area contributed by atoms with Gasteiger partial charge in [0.25, 0.3) is 0 Å². The van der Waals surface area contributed by atoms with E-state index in [1.165, 1.54) is 302 Å². The largest absolute Gasteiger partial charge is 0.466 e. The summed E-state index contributed by atoms with van der Waals surface area (Å²) >= 11 is 0. The molecule has 0 saturated carbocycles. The fraction of sp³-hybridized carbons (Fsp3) is 0.938. The summed E-state index contributed by atoms with van der Waals surface area (Å²) in [6.45, 7) is 4.93. The van der Waals surface area contributed by atoms with Crippen molar-refractivity contribution in [2.45, 2.75) is 379 Å². The van der Waals surface area contributed by atoms with Crippen molar-refractivity contribution >= 4 is 11.9 Å². The molecule has 422 valence electrons. The van der Waals surface area contributed by atoms with Crippen LogP contribution in [-0.4, -0.2) is 47.4 Å². The van der Waals surface area contributed by atoms with Gasteiger partial charge in [0.2, 0.25) is 5.91 Å². The van der Waals surface area contributed by atoms with E-state index >= 15 is 0 Å². The number of unbranched alkanes of at least 4 members (excludes halogenated alkanes) is 50. The molecule has 0 fully saturated rings. The first kappa shape index (κ1) is 69.6. The van der Waals surface area contributed by atoms with Gasteiger partial charge in [-0.1, -0.05) is 334 Å². The molecule has 2 unspecified atom stereocenters. The van der Waals surface area contributed by atoms with Crippen molar-refractivity contribution in [2.24, 2.45) is 0 Å². The van der Waals surface area contributed by atoms with Crippen molar-refractivity contribution < 1.29 is 24.5 Å². The molecule has 6 nitrogen and oxygen atoms in total. The van der Waals surface area contributed by atoms with E-state index < -0.39 is 12.1 Å². The maximum atomic E-state index is 12.5. The average Bonchev–Trinajstić information content (AvgIpc) is 3.37. The molecular formula is C65H127NO5. The Kier molecular flexibility index (Phi) is 59.9. The number of hydrogen-bond acceptors (Lipinski definition) is 5. The van der Waals surface area contributed by atoms with E-state index in [0.29, 0.717) is 19.4 Å². The Morgan fingerprint density at radius 3 is 0.958 bits per heavy atom. The minimum Gasteiger partial charge on any atom is -0.466 e. The SMILES string of the molecule is CCCCCCCCCCCCCC/C=C/C(O)C(CO)NC(=O)CCCCCCCCCCCCCCCCCCCCCCCCCCCCCCOC(=O)CCCCCCCCCCCCCC. The lowest BCUT2D eigenvalue weighted by Gasteiger charge is -2.20. The lowest BCUT2D eigenvalue weighted by molar-refractivity contribution is -0.143. The zero-order chi connectivity index (χ0) is 51.4. The summed E-state index contributed by atoms with van der Waals surface area (Å²) in [6.07, 6.45) is 74.2. The molecule has 0 aromatic heterocycles. The highest BCUT2D eigenvalue weighted by Gasteiger charge is 2.18. The van der Waals surface area contributed by atoms with Gasteiger partial charge in [-0.2, -0.15) is 0 Å². The number of esters is 1. The zero-order valence-corrected chi connectivity index (χ0v) is 48.2. The zero-order valence-electron chi connectivity index (χ0n) is 48.2. The van der Waals surface area contributed by atoms with Crippen LogP contribution in [-0.2, 0) is 14.3 Å². The van der Waals surface area contributed by atoms with Crippen LogP contribution in [0.3, 0.4) is 0 Å². The van der Waals surface area contributed by atoms with Crippen LogP contribution >= 0.6 is 0 Å². The second kappa shape index (κ2) is 61.1. The van der Waals surface area contributed by atoms with Crippen molar-refractivity contribution in [1.82, 2.24) is 5.32 Å². The van der Waals surface area contributed by atoms with Gasteiger partial charge in [-0.25, -0.2) is 0 Å². The van der Waals surface area contributed by atoms with Gasteiger partial charge >= 0.3 is 5.97 Å². The van der Waals surface area contributed by atoms with E-state index in [-0.39, 0.29) is 18.5 Å². The second-order valence-electron chi connectivity index (χ2n) is 22.5. The molecule has 0 rings (SSSR count). The van der Waals surface area contributed by atoms with Crippen LogP contribution in [0.1, 0.15) is 367 Å². The van der Waals surface area contributed by atoms with Crippen LogP contribution in [0.5, 0.6) is 0 Å². The Bertz CT molecular complexity index is 1060. The summed E-state index contributed by atoms with van der Waals surface area (Å²) in [5.41, 5.74) is 0. The number of allylic oxidation sites excluding steroid dienone is 1. The van der Waals surface area contributed by atoms with Gasteiger partial charge in [0, 0.05) is 12.8 Å². The average molecular weight is 1000 g/mol. The summed E-state index contributed by atoms with van der Waals surface area (Å²) in [4.78, 5) is 24.5. The third-order valence-electron chi connectivity index (χ3n) is 15.3. The van der Waals surface area contributed by atoms with Crippen molar-refractivity contribution in [1.29, 1.82) is 0 Å². The first-order valence-electron chi connectivity index (χ1n) is 32.5. The quantitative estimate of drug-likeness (QED) is 0.0320. The molecule has 71 heavy (non-hydrogen) atoms. The number of rotatable bonds is 61. The molecule has 6 heteroatoms. The van der Waals surface area contributed by atoms with Crippen molar-refractivity contribution in [2.75, 3.05) is 13.2 Å². The molecule has 0 aliphatic carbocycles.